The van der Waals surface area contributed by atoms with Gasteiger partial charge >= 0.3 is 0 Å². The largest absolute Gasteiger partial charge is 0.436 e. The third kappa shape index (κ3) is 3.06. The van der Waals surface area contributed by atoms with Crippen molar-refractivity contribution in [2.45, 2.75) is 13.5 Å². The summed E-state index contributed by atoms with van der Waals surface area (Å²) in [5, 5.41) is 3.01. The van der Waals surface area contributed by atoms with Gasteiger partial charge in [0.05, 0.1) is 0 Å². The van der Waals surface area contributed by atoms with Gasteiger partial charge in [-0.2, -0.15) is 4.39 Å². The predicted octanol–water partition coefficient (Wildman–Crippen LogP) is 3.18. The number of halogens is 2. The zero-order valence-corrected chi connectivity index (χ0v) is 10.7. The third-order valence-electron chi connectivity index (χ3n) is 2.59. The van der Waals surface area contributed by atoms with Crippen molar-refractivity contribution < 1.29 is 13.5 Å². The highest BCUT2D eigenvalue weighted by Gasteiger charge is 2.11. The Morgan fingerprint density at radius 3 is 2.79 bits per heavy atom. The van der Waals surface area contributed by atoms with Crippen LogP contribution in [0.3, 0.4) is 0 Å². The summed E-state index contributed by atoms with van der Waals surface area (Å²) in [5.74, 6) is -1.86. The standard InChI is InChI=1S/C14H14F2N2O/c1-9-6-10(7-17-2)8-18-14(9)19-12-5-3-4-11(15)13(12)16/h3-6,8,17H,7H2,1-2H3. The van der Waals surface area contributed by atoms with E-state index >= 15 is 0 Å². The van der Waals surface area contributed by atoms with E-state index in [0.29, 0.717) is 6.54 Å². The lowest BCUT2D eigenvalue weighted by Gasteiger charge is -2.10. The van der Waals surface area contributed by atoms with E-state index in [1.807, 2.05) is 13.1 Å². The minimum Gasteiger partial charge on any atom is -0.436 e. The van der Waals surface area contributed by atoms with E-state index in [0.717, 1.165) is 17.2 Å². The zero-order chi connectivity index (χ0) is 13.8. The summed E-state index contributed by atoms with van der Waals surface area (Å²) in [6.45, 7) is 2.49. The van der Waals surface area contributed by atoms with E-state index in [2.05, 4.69) is 10.3 Å². The molecular weight excluding hydrogens is 250 g/mol. The minimum atomic E-state index is -1.01. The number of nitrogens with zero attached hydrogens (tertiary/aromatic N) is 1. The van der Waals surface area contributed by atoms with Crippen molar-refractivity contribution in [1.29, 1.82) is 0 Å². The lowest BCUT2D eigenvalue weighted by molar-refractivity contribution is 0.403. The van der Waals surface area contributed by atoms with Crippen LogP contribution < -0.4 is 10.1 Å². The fourth-order valence-corrected chi connectivity index (χ4v) is 1.70. The maximum absolute atomic E-state index is 13.5. The summed E-state index contributed by atoms with van der Waals surface area (Å²) in [4.78, 5) is 4.11. The first-order valence-electron chi connectivity index (χ1n) is 5.84. The molecule has 0 aliphatic heterocycles. The maximum Gasteiger partial charge on any atom is 0.222 e. The normalized spacial score (nSPS) is 10.5. The Labute approximate surface area is 110 Å². The van der Waals surface area contributed by atoms with Crippen LogP contribution in [0.4, 0.5) is 8.78 Å². The molecule has 0 saturated carbocycles. The zero-order valence-electron chi connectivity index (χ0n) is 10.7. The highest BCUT2D eigenvalue weighted by atomic mass is 19.2. The van der Waals surface area contributed by atoms with Crippen LogP contribution in [0.2, 0.25) is 0 Å². The van der Waals surface area contributed by atoms with E-state index in [1.165, 1.54) is 12.1 Å². The van der Waals surface area contributed by atoms with Crippen molar-refractivity contribution in [2.24, 2.45) is 0 Å². The minimum absolute atomic E-state index is 0.169. The first-order chi connectivity index (χ1) is 9.11. The predicted molar refractivity (Wildman–Crippen MR) is 68.2 cm³/mol. The van der Waals surface area contributed by atoms with E-state index in [4.69, 9.17) is 4.74 Å². The number of ether oxygens (including phenoxy) is 1. The van der Waals surface area contributed by atoms with Gasteiger partial charge in [0.15, 0.2) is 11.6 Å². The fraction of sp³-hybridized carbons (Fsp3) is 0.214. The van der Waals surface area contributed by atoms with Gasteiger partial charge in [-0.3, -0.25) is 0 Å². The molecule has 0 amide bonds. The number of rotatable bonds is 4. The van der Waals surface area contributed by atoms with Crippen molar-refractivity contribution >= 4 is 0 Å². The fourth-order valence-electron chi connectivity index (χ4n) is 1.70. The van der Waals surface area contributed by atoms with Crippen molar-refractivity contribution in [3.63, 3.8) is 0 Å². The van der Waals surface area contributed by atoms with Crippen molar-refractivity contribution in [3.8, 4) is 11.6 Å². The Morgan fingerprint density at radius 1 is 1.32 bits per heavy atom. The number of nitrogens with one attached hydrogen (secondary N) is 1. The molecule has 0 aliphatic rings. The molecule has 5 heteroatoms. The monoisotopic (exact) mass is 264 g/mol. The number of hydrogen-bond acceptors (Lipinski definition) is 3. The second kappa shape index (κ2) is 5.75. The SMILES string of the molecule is CNCc1cnc(Oc2cccc(F)c2F)c(C)c1. The number of aryl methyl sites for hydroxylation is 1. The van der Waals surface area contributed by atoms with Gasteiger partial charge in [0.25, 0.3) is 0 Å². The van der Waals surface area contributed by atoms with Crippen LogP contribution in [-0.2, 0) is 6.54 Å². The number of benzene rings is 1. The summed E-state index contributed by atoms with van der Waals surface area (Å²) in [5.41, 5.74) is 1.75. The Bertz CT molecular complexity index is 588. The molecule has 2 rings (SSSR count). The molecule has 0 atom stereocenters. The first-order valence-corrected chi connectivity index (χ1v) is 5.84. The molecule has 0 aliphatic carbocycles. The van der Waals surface area contributed by atoms with Crippen LogP contribution in [0.25, 0.3) is 0 Å². The lowest BCUT2D eigenvalue weighted by atomic mass is 10.2. The molecule has 0 fully saturated rings. The highest BCUT2D eigenvalue weighted by molar-refractivity contribution is 5.34. The van der Waals surface area contributed by atoms with Gasteiger partial charge in [-0.15, -0.1) is 0 Å². The molecule has 2 aromatic rings. The van der Waals surface area contributed by atoms with Gasteiger partial charge in [0.1, 0.15) is 0 Å². The van der Waals surface area contributed by atoms with Gasteiger partial charge in [0.2, 0.25) is 11.7 Å². The number of pyridine rings is 1. The molecule has 19 heavy (non-hydrogen) atoms. The van der Waals surface area contributed by atoms with Gasteiger partial charge in [0, 0.05) is 18.3 Å². The average Bonchev–Trinajstić information content (AvgIpc) is 2.38. The Balaban J connectivity index is 2.26. The van der Waals surface area contributed by atoms with E-state index in [1.54, 1.807) is 13.1 Å². The molecule has 0 bridgehead atoms. The molecule has 0 unspecified atom stereocenters. The van der Waals surface area contributed by atoms with Gasteiger partial charge < -0.3 is 10.1 Å². The summed E-state index contributed by atoms with van der Waals surface area (Å²) < 4.78 is 31.9. The van der Waals surface area contributed by atoms with Crippen LogP contribution in [-0.4, -0.2) is 12.0 Å². The maximum atomic E-state index is 13.5. The van der Waals surface area contributed by atoms with Crippen molar-refractivity contribution in [1.82, 2.24) is 10.3 Å². The van der Waals surface area contributed by atoms with Crippen LogP contribution in [0, 0.1) is 18.6 Å². The Morgan fingerprint density at radius 2 is 2.11 bits per heavy atom. The van der Waals surface area contributed by atoms with Crippen LogP contribution in [0.5, 0.6) is 11.6 Å². The molecule has 1 heterocycles. The summed E-state index contributed by atoms with van der Waals surface area (Å²) in [6, 6.07) is 5.67. The van der Waals surface area contributed by atoms with E-state index in [-0.39, 0.29) is 11.6 Å². The lowest BCUT2D eigenvalue weighted by Crippen LogP contribution is -2.06. The van der Waals surface area contributed by atoms with E-state index < -0.39 is 11.6 Å². The summed E-state index contributed by atoms with van der Waals surface area (Å²) in [6.07, 6.45) is 1.63. The summed E-state index contributed by atoms with van der Waals surface area (Å²) in [7, 11) is 1.84. The molecule has 0 saturated heterocycles. The Hall–Kier alpha value is -2.01. The van der Waals surface area contributed by atoms with Gasteiger partial charge in [-0.05, 0) is 37.7 Å². The third-order valence-corrected chi connectivity index (χ3v) is 2.59. The van der Waals surface area contributed by atoms with Crippen molar-refractivity contribution in [2.75, 3.05) is 7.05 Å². The molecule has 100 valence electrons. The van der Waals surface area contributed by atoms with Gasteiger partial charge in [-0.1, -0.05) is 6.07 Å². The number of aromatic nitrogens is 1. The average molecular weight is 264 g/mol. The molecular formula is C14H14F2N2O. The smallest absolute Gasteiger partial charge is 0.222 e. The Kier molecular flexibility index (Phi) is 4.06. The van der Waals surface area contributed by atoms with E-state index in [9.17, 15) is 8.78 Å². The number of hydrogen-bond donors (Lipinski definition) is 1. The van der Waals surface area contributed by atoms with Crippen LogP contribution >= 0.6 is 0 Å². The molecule has 0 radical (unpaired) electrons. The molecule has 1 aromatic carbocycles. The quantitative estimate of drug-likeness (QED) is 0.921. The second-order valence-corrected chi connectivity index (χ2v) is 4.15. The molecule has 1 aromatic heterocycles. The first kappa shape index (κ1) is 13.4. The topological polar surface area (TPSA) is 34.2 Å². The summed E-state index contributed by atoms with van der Waals surface area (Å²) >= 11 is 0. The molecule has 0 spiro atoms. The van der Waals surface area contributed by atoms with Crippen LogP contribution in [0.15, 0.2) is 30.5 Å². The second-order valence-electron chi connectivity index (χ2n) is 4.15. The van der Waals surface area contributed by atoms with Gasteiger partial charge in [-0.25, -0.2) is 9.37 Å². The molecule has 3 nitrogen and oxygen atoms in total. The van der Waals surface area contributed by atoms with Crippen molar-refractivity contribution in [3.05, 3.63) is 53.2 Å². The highest BCUT2D eigenvalue weighted by Crippen LogP contribution is 2.26. The molecule has 1 N–H and O–H groups in total. The van der Waals surface area contributed by atoms with Crippen LogP contribution in [0.1, 0.15) is 11.1 Å².